The zero-order chi connectivity index (χ0) is 12.0. The zero-order valence-corrected chi connectivity index (χ0v) is 10.2. The Morgan fingerprint density at radius 2 is 2.00 bits per heavy atom. The Hall–Kier alpha value is -1.68. The van der Waals surface area contributed by atoms with Crippen LogP contribution in [0, 0.1) is 6.92 Å². The summed E-state index contributed by atoms with van der Waals surface area (Å²) in [6.07, 6.45) is 3.71. The van der Waals surface area contributed by atoms with Crippen LogP contribution < -0.4 is 11.2 Å². The van der Waals surface area contributed by atoms with Crippen LogP contribution in [0.4, 0.5) is 0 Å². The van der Waals surface area contributed by atoms with E-state index < -0.39 is 0 Å². The average Bonchev–Trinajstić information content (AvgIpc) is 2.21. The number of thiocarbonyl (C=S) groups is 1. The van der Waals surface area contributed by atoms with Gasteiger partial charge in [-0.15, -0.1) is 0 Å². The summed E-state index contributed by atoms with van der Waals surface area (Å²) in [7, 11) is 0. The first-order chi connectivity index (χ1) is 7.58. The van der Waals surface area contributed by atoms with Gasteiger partial charge in [-0.1, -0.05) is 35.9 Å². The number of hydrogen-bond acceptors (Lipinski definition) is 2. The van der Waals surface area contributed by atoms with Crippen molar-refractivity contribution in [3.8, 4) is 0 Å². The van der Waals surface area contributed by atoms with Gasteiger partial charge in [0, 0.05) is 0 Å². The number of hydrazone groups is 1. The molecule has 0 bridgehead atoms. The summed E-state index contributed by atoms with van der Waals surface area (Å²) in [5.74, 6) is 0. The maximum atomic E-state index is 5.23. The van der Waals surface area contributed by atoms with Gasteiger partial charge in [0.15, 0.2) is 5.11 Å². The van der Waals surface area contributed by atoms with Gasteiger partial charge >= 0.3 is 0 Å². The van der Waals surface area contributed by atoms with Crippen LogP contribution in [-0.4, -0.2) is 11.3 Å². The third-order valence-corrected chi connectivity index (χ3v) is 2.01. The molecule has 0 heterocycles. The standard InChI is InChI=1S/C12H15N3S/c1-9-3-5-11(6-4-9)7-10(2)8-14-15-12(13)16/h3-8H,1-2H3,(H3,13,15,16)/b10-7+,14-8-. The van der Waals surface area contributed by atoms with Gasteiger partial charge in [-0.25, -0.2) is 0 Å². The molecule has 16 heavy (non-hydrogen) atoms. The van der Waals surface area contributed by atoms with Crippen molar-refractivity contribution in [3.05, 3.63) is 41.0 Å². The maximum absolute atomic E-state index is 5.23. The van der Waals surface area contributed by atoms with Gasteiger partial charge in [0.05, 0.1) is 6.21 Å². The molecule has 0 saturated carbocycles. The second-order valence-corrected chi connectivity index (χ2v) is 3.97. The van der Waals surface area contributed by atoms with E-state index in [9.17, 15) is 0 Å². The Kier molecular flexibility index (Phi) is 4.66. The van der Waals surface area contributed by atoms with Crippen molar-refractivity contribution in [2.45, 2.75) is 13.8 Å². The molecule has 0 aromatic heterocycles. The molecule has 0 spiro atoms. The van der Waals surface area contributed by atoms with Crippen LogP contribution in [-0.2, 0) is 0 Å². The quantitative estimate of drug-likeness (QED) is 0.478. The van der Waals surface area contributed by atoms with Crippen LogP contribution in [0.25, 0.3) is 6.08 Å². The lowest BCUT2D eigenvalue weighted by molar-refractivity contribution is 1.04. The van der Waals surface area contributed by atoms with Gasteiger partial charge in [-0.05, 0) is 37.2 Å². The highest BCUT2D eigenvalue weighted by atomic mass is 32.1. The largest absolute Gasteiger partial charge is 0.375 e. The molecule has 1 aromatic rings. The van der Waals surface area contributed by atoms with Crippen molar-refractivity contribution < 1.29 is 0 Å². The number of benzene rings is 1. The van der Waals surface area contributed by atoms with Crippen LogP contribution in [0.15, 0.2) is 34.9 Å². The summed E-state index contributed by atoms with van der Waals surface area (Å²) in [5, 5.41) is 4.04. The van der Waals surface area contributed by atoms with Crippen molar-refractivity contribution in [3.63, 3.8) is 0 Å². The molecule has 84 valence electrons. The molecular weight excluding hydrogens is 218 g/mol. The maximum Gasteiger partial charge on any atom is 0.184 e. The minimum Gasteiger partial charge on any atom is -0.375 e. The summed E-state index contributed by atoms with van der Waals surface area (Å²) >= 11 is 4.63. The van der Waals surface area contributed by atoms with Gasteiger partial charge < -0.3 is 5.73 Å². The van der Waals surface area contributed by atoms with E-state index in [1.54, 1.807) is 6.21 Å². The molecule has 0 saturated heterocycles. The average molecular weight is 233 g/mol. The smallest absolute Gasteiger partial charge is 0.184 e. The molecule has 0 aliphatic rings. The number of aryl methyl sites for hydroxylation is 1. The molecule has 1 rings (SSSR count). The Morgan fingerprint density at radius 3 is 2.56 bits per heavy atom. The predicted octanol–water partition coefficient (Wildman–Crippen LogP) is 2.22. The molecule has 3 nitrogen and oxygen atoms in total. The molecule has 0 radical (unpaired) electrons. The third-order valence-electron chi connectivity index (χ3n) is 1.91. The number of rotatable bonds is 3. The topological polar surface area (TPSA) is 50.4 Å². The highest BCUT2D eigenvalue weighted by Crippen LogP contribution is 2.07. The predicted molar refractivity (Wildman–Crippen MR) is 73.2 cm³/mol. The second-order valence-electron chi connectivity index (χ2n) is 3.53. The van der Waals surface area contributed by atoms with E-state index in [2.05, 4.69) is 53.9 Å². The number of nitrogens with zero attached hydrogens (tertiary/aromatic N) is 1. The minimum atomic E-state index is 0.166. The van der Waals surface area contributed by atoms with E-state index in [0.29, 0.717) is 0 Å². The lowest BCUT2D eigenvalue weighted by atomic mass is 10.1. The number of allylic oxidation sites excluding steroid dienone is 1. The van der Waals surface area contributed by atoms with E-state index >= 15 is 0 Å². The van der Waals surface area contributed by atoms with Gasteiger partial charge in [0.25, 0.3) is 0 Å². The minimum absolute atomic E-state index is 0.166. The van der Waals surface area contributed by atoms with E-state index in [-0.39, 0.29) is 5.11 Å². The Balaban J connectivity index is 2.66. The van der Waals surface area contributed by atoms with E-state index in [1.807, 2.05) is 13.0 Å². The highest BCUT2D eigenvalue weighted by Gasteiger charge is 1.89. The number of nitrogens with one attached hydrogen (secondary N) is 1. The van der Waals surface area contributed by atoms with Gasteiger partial charge in [-0.3, -0.25) is 5.43 Å². The monoisotopic (exact) mass is 233 g/mol. The van der Waals surface area contributed by atoms with Gasteiger partial charge in [0.2, 0.25) is 0 Å². The fourth-order valence-corrected chi connectivity index (χ4v) is 1.21. The zero-order valence-electron chi connectivity index (χ0n) is 9.40. The molecular formula is C12H15N3S. The fourth-order valence-electron chi connectivity index (χ4n) is 1.16. The summed E-state index contributed by atoms with van der Waals surface area (Å²) in [6, 6.07) is 8.27. The number of hydrogen-bond donors (Lipinski definition) is 2. The molecule has 1 aromatic carbocycles. The van der Waals surface area contributed by atoms with E-state index in [1.165, 1.54) is 5.56 Å². The Labute approximate surface area is 101 Å². The third kappa shape index (κ3) is 4.70. The van der Waals surface area contributed by atoms with Crippen molar-refractivity contribution >= 4 is 29.6 Å². The Morgan fingerprint density at radius 1 is 1.38 bits per heavy atom. The summed E-state index contributed by atoms with van der Waals surface area (Å²) in [5.41, 5.74) is 11.2. The summed E-state index contributed by atoms with van der Waals surface area (Å²) in [4.78, 5) is 0. The SMILES string of the molecule is CC(/C=N\NC(N)=S)=C\c1ccc(C)cc1. The van der Waals surface area contributed by atoms with Gasteiger partial charge in [-0.2, -0.15) is 5.10 Å². The van der Waals surface area contributed by atoms with Crippen molar-refractivity contribution in [1.29, 1.82) is 0 Å². The van der Waals surface area contributed by atoms with Crippen LogP contribution in [0.1, 0.15) is 18.1 Å². The first kappa shape index (κ1) is 12.4. The summed E-state index contributed by atoms with van der Waals surface area (Å²) in [6.45, 7) is 4.03. The van der Waals surface area contributed by atoms with Crippen LogP contribution in [0.2, 0.25) is 0 Å². The fraction of sp³-hybridized carbons (Fsp3) is 0.167. The molecule has 0 unspecified atom stereocenters. The molecule has 0 aliphatic heterocycles. The van der Waals surface area contributed by atoms with E-state index in [4.69, 9.17) is 5.73 Å². The molecule has 0 atom stereocenters. The lowest BCUT2D eigenvalue weighted by Gasteiger charge is -1.97. The van der Waals surface area contributed by atoms with Gasteiger partial charge in [0.1, 0.15) is 0 Å². The first-order valence-corrected chi connectivity index (χ1v) is 5.32. The number of nitrogens with two attached hydrogens (primary N) is 1. The first-order valence-electron chi connectivity index (χ1n) is 4.91. The molecule has 4 heteroatoms. The summed E-state index contributed by atoms with van der Waals surface area (Å²) < 4.78 is 0. The molecule has 0 amide bonds. The van der Waals surface area contributed by atoms with Crippen LogP contribution in [0.5, 0.6) is 0 Å². The van der Waals surface area contributed by atoms with Crippen LogP contribution in [0.3, 0.4) is 0 Å². The molecule has 0 aliphatic carbocycles. The molecule has 3 N–H and O–H groups in total. The lowest BCUT2D eigenvalue weighted by Crippen LogP contribution is -2.23. The van der Waals surface area contributed by atoms with Crippen molar-refractivity contribution in [2.75, 3.05) is 0 Å². The van der Waals surface area contributed by atoms with Crippen molar-refractivity contribution in [2.24, 2.45) is 10.8 Å². The Bertz CT molecular complexity index is 418. The normalized spacial score (nSPS) is 11.8. The van der Waals surface area contributed by atoms with Crippen molar-refractivity contribution in [1.82, 2.24) is 5.43 Å². The second kappa shape index (κ2) is 6.02. The van der Waals surface area contributed by atoms with E-state index in [0.717, 1.165) is 11.1 Å². The molecule has 0 fully saturated rings. The van der Waals surface area contributed by atoms with Crippen LogP contribution >= 0.6 is 12.2 Å². The highest BCUT2D eigenvalue weighted by molar-refractivity contribution is 7.80.